The van der Waals surface area contributed by atoms with Crippen molar-refractivity contribution in [3.05, 3.63) is 99.4 Å². The highest BCUT2D eigenvalue weighted by molar-refractivity contribution is 7.21. The van der Waals surface area contributed by atoms with Crippen LogP contribution in [-0.4, -0.2) is 30.5 Å². The van der Waals surface area contributed by atoms with Crippen molar-refractivity contribution in [2.24, 2.45) is 5.10 Å². The van der Waals surface area contributed by atoms with E-state index >= 15 is 0 Å². The van der Waals surface area contributed by atoms with Crippen LogP contribution in [-0.2, 0) is 4.79 Å². The highest BCUT2D eigenvalue weighted by Gasteiger charge is 2.19. The van der Waals surface area contributed by atoms with Gasteiger partial charge in [-0.25, -0.2) is 10.2 Å². The molecular formula is C26H20ClN3O4S. The lowest BCUT2D eigenvalue weighted by molar-refractivity contribution is -0.120. The average Bonchev–Trinajstić information content (AvgIpc) is 3.20. The molecule has 4 rings (SSSR count). The third kappa shape index (κ3) is 5.92. The number of hydrogen-bond donors (Lipinski definition) is 2. The summed E-state index contributed by atoms with van der Waals surface area (Å²) in [6, 6.07) is 21.2. The van der Waals surface area contributed by atoms with Crippen LogP contribution in [0, 0.1) is 6.92 Å². The number of halogens is 1. The smallest absolute Gasteiger partial charge is 0.355 e. The van der Waals surface area contributed by atoms with Gasteiger partial charge in [-0.15, -0.1) is 11.3 Å². The molecule has 1 aromatic heterocycles. The van der Waals surface area contributed by atoms with Gasteiger partial charge in [0, 0.05) is 21.2 Å². The van der Waals surface area contributed by atoms with Crippen molar-refractivity contribution >= 4 is 57.0 Å². The number of carbonyl (C=O) groups is 3. The molecule has 35 heavy (non-hydrogen) atoms. The first-order valence-electron chi connectivity index (χ1n) is 10.6. The number of carbonyl (C=O) groups excluding carboxylic acids is 3. The van der Waals surface area contributed by atoms with Crippen LogP contribution >= 0.6 is 22.9 Å². The number of para-hydroxylation sites is 1. The second-order valence-corrected chi connectivity index (χ2v) is 8.94. The maximum absolute atomic E-state index is 12.8. The second-order valence-electron chi connectivity index (χ2n) is 7.51. The van der Waals surface area contributed by atoms with Gasteiger partial charge in [0.1, 0.15) is 10.6 Å². The molecule has 0 bridgehead atoms. The minimum absolute atomic E-state index is 0.245. The van der Waals surface area contributed by atoms with Crippen molar-refractivity contribution < 1.29 is 19.1 Å². The first-order valence-corrected chi connectivity index (χ1v) is 11.8. The average molecular weight is 506 g/mol. The lowest BCUT2D eigenvalue weighted by Gasteiger charge is -2.07. The van der Waals surface area contributed by atoms with Gasteiger partial charge in [-0.1, -0.05) is 59.6 Å². The molecule has 0 aliphatic heterocycles. The predicted molar refractivity (Wildman–Crippen MR) is 137 cm³/mol. The number of nitrogens with one attached hydrogen (secondary N) is 2. The minimum atomic E-state index is -0.583. The molecule has 2 amide bonds. The zero-order valence-corrected chi connectivity index (χ0v) is 20.2. The van der Waals surface area contributed by atoms with E-state index in [2.05, 4.69) is 15.8 Å². The largest absolute Gasteiger partial charge is 0.422 e. The Morgan fingerprint density at radius 3 is 2.49 bits per heavy atom. The molecule has 176 valence electrons. The lowest BCUT2D eigenvalue weighted by Crippen LogP contribution is -2.34. The van der Waals surface area contributed by atoms with E-state index in [1.807, 2.05) is 43.3 Å². The van der Waals surface area contributed by atoms with Gasteiger partial charge in [-0.2, -0.15) is 5.10 Å². The van der Waals surface area contributed by atoms with E-state index < -0.39 is 11.9 Å². The molecule has 0 radical (unpaired) electrons. The molecule has 1 heterocycles. The monoisotopic (exact) mass is 505 g/mol. The molecule has 0 saturated carbocycles. The van der Waals surface area contributed by atoms with Crippen molar-refractivity contribution in [3.8, 4) is 5.75 Å². The Kier molecular flexibility index (Phi) is 7.54. The summed E-state index contributed by atoms with van der Waals surface area (Å²) in [6.45, 7) is 1.68. The Morgan fingerprint density at radius 2 is 1.71 bits per heavy atom. The van der Waals surface area contributed by atoms with Crippen LogP contribution in [0.3, 0.4) is 0 Å². The van der Waals surface area contributed by atoms with Crippen LogP contribution in [0.25, 0.3) is 10.1 Å². The Morgan fingerprint density at radius 1 is 1.00 bits per heavy atom. The first-order chi connectivity index (χ1) is 16.9. The zero-order chi connectivity index (χ0) is 24.8. The van der Waals surface area contributed by atoms with Crippen LogP contribution in [0.15, 0.2) is 77.9 Å². The summed E-state index contributed by atoms with van der Waals surface area (Å²) in [7, 11) is 0. The normalized spacial score (nSPS) is 10.9. The van der Waals surface area contributed by atoms with E-state index in [9.17, 15) is 14.4 Å². The van der Waals surface area contributed by atoms with Gasteiger partial charge >= 0.3 is 5.97 Å². The molecule has 0 atom stereocenters. The molecule has 0 spiro atoms. The summed E-state index contributed by atoms with van der Waals surface area (Å²) in [4.78, 5) is 37.2. The molecular weight excluding hydrogens is 486 g/mol. The predicted octanol–water partition coefficient (Wildman–Crippen LogP) is 4.96. The summed E-state index contributed by atoms with van der Waals surface area (Å²) < 4.78 is 6.45. The summed E-state index contributed by atoms with van der Waals surface area (Å²) in [5, 5.41) is 7.58. The zero-order valence-electron chi connectivity index (χ0n) is 18.6. The highest BCUT2D eigenvalue weighted by Crippen LogP contribution is 2.35. The Hall–Kier alpha value is -4.01. The van der Waals surface area contributed by atoms with Crippen molar-refractivity contribution in [1.82, 2.24) is 10.7 Å². The van der Waals surface area contributed by atoms with Crippen LogP contribution in [0.4, 0.5) is 0 Å². The van der Waals surface area contributed by atoms with Crippen LogP contribution in [0.2, 0.25) is 5.02 Å². The van der Waals surface area contributed by atoms with Crippen molar-refractivity contribution in [2.45, 2.75) is 6.92 Å². The second kappa shape index (κ2) is 10.9. The fraction of sp³-hybridized carbons (Fsp3) is 0.0769. The standard InChI is InChI=1S/C26H20ClN3O4S/c1-16-10-12-17(13-11-16)25(32)28-15-22(31)30-29-14-18-6-2-4-8-20(18)34-26(33)24-23(27)19-7-3-5-9-21(19)35-24/h2-14H,15H2,1H3,(H,28,32)(H,30,31)/b29-14-. The van der Waals surface area contributed by atoms with Gasteiger partial charge in [0.25, 0.3) is 11.8 Å². The van der Waals surface area contributed by atoms with Gasteiger partial charge in [0.05, 0.1) is 17.8 Å². The number of fused-ring (bicyclic) bond motifs is 1. The molecule has 0 fully saturated rings. The topological polar surface area (TPSA) is 96.9 Å². The quantitative estimate of drug-likeness (QED) is 0.160. The molecule has 0 aliphatic carbocycles. The van der Waals surface area contributed by atoms with Gasteiger partial charge in [-0.3, -0.25) is 9.59 Å². The molecule has 3 aromatic carbocycles. The maximum Gasteiger partial charge on any atom is 0.355 e. The number of hydrogen-bond acceptors (Lipinski definition) is 6. The molecule has 0 saturated heterocycles. The summed E-state index contributed by atoms with van der Waals surface area (Å²) in [5.41, 5.74) is 4.31. The molecule has 7 nitrogen and oxygen atoms in total. The summed E-state index contributed by atoms with van der Waals surface area (Å²) in [5.74, 6) is -1.19. The number of ether oxygens (including phenoxy) is 1. The van der Waals surface area contributed by atoms with Crippen molar-refractivity contribution in [1.29, 1.82) is 0 Å². The third-order valence-corrected chi connectivity index (χ3v) is 6.61. The number of benzene rings is 3. The number of esters is 1. The van der Waals surface area contributed by atoms with E-state index in [1.165, 1.54) is 17.6 Å². The number of amides is 2. The van der Waals surface area contributed by atoms with Gasteiger partial charge in [0.2, 0.25) is 0 Å². The number of hydrazone groups is 1. The lowest BCUT2D eigenvalue weighted by atomic mass is 10.1. The van der Waals surface area contributed by atoms with Gasteiger partial charge in [-0.05, 0) is 37.3 Å². The first kappa shape index (κ1) is 24.1. The van der Waals surface area contributed by atoms with E-state index in [0.29, 0.717) is 21.0 Å². The van der Waals surface area contributed by atoms with E-state index in [0.717, 1.165) is 15.6 Å². The number of thiophene rings is 1. The SMILES string of the molecule is Cc1ccc(C(=O)NCC(=O)N/N=C\c2ccccc2OC(=O)c2sc3ccccc3c2Cl)cc1. The Balaban J connectivity index is 1.36. The molecule has 4 aromatic rings. The van der Waals surface area contributed by atoms with Gasteiger partial charge < -0.3 is 10.1 Å². The summed E-state index contributed by atoms with van der Waals surface area (Å²) >= 11 is 7.63. The van der Waals surface area contributed by atoms with E-state index in [1.54, 1.807) is 36.4 Å². The molecule has 0 aliphatic rings. The Labute approximate surface area is 210 Å². The van der Waals surface area contributed by atoms with Crippen LogP contribution in [0.5, 0.6) is 5.75 Å². The number of nitrogens with zero attached hydrogens (tertiary/aromatic N) is 1. The third-order valence-electron chi connectivity index (χ3n) is 4.96. The molecule has 9 heteroatoms. The van der Waals surface area contributed by atoms with Crippen molar-refractivity contribution in [2.75, 3.05) is 6.54 Å². The van der Waals surface area contributed by atoms with Crippen LogP contribution in [0.1, 0.15) is 31.2 Å². The number of rotatable bonds is 7. The fourth-order valence-electron chi connectivity index (χ4n) is 3.15. The minimum Gasteiger partial charge on any atom is -0.422 e. The summed E-state index contributed by atoms with van der Waals surface area (Å²) in [6.07, 6.45) is 1.36. The maximum atomic E-state index is 12.8. The molecule has 0 unspecified atom stereocenters. The molecule has 2 N–H and O–H groups in total. The Bertz CT molecular complexity index is 1430. The number of aryl methyl sites for hydroxylation is 1. The van der Waals surface area contributed by atoms with Crippen LogP contribution < -0.4 is 15.5 Å². The fourth-order valence-corrected chi connectivity index (χ4v) is 4.54. The van der Waals surface area contributed by atoms with E-state index in [4.69, 9.17) is 16.3 Å². The van der Waals surface area contributed by atoms with Crippen molar-refractivity contribution in [3.63, 3.8) is 0 Å². The van der Waals surface area contributed by atoms with Gasteiger partial charge in [0.15, 0.2) is 0 Å². The van der Waals surface area contributed by atoms with E-state index in [-0.39, 0.29) is 18.2 Å². The highest BCUT2D eigenvalue weighted by atomic mass is 35.5.